The molecule has 0 aliphatic heterocycles. The van der Waals surface area contributed by atoms with Gasteiger partial charge in [0.2, 0.25) is 0 Å². The SMILES string of the molecule is CCCCCCCCCCCCCCCCCCc1c(C(CCCCCCCCCCCCCCCCCC)O[P+](=O)O)cc(C(C)(C)C)c(O)c1C(C)(C)C. The minimum Gasteiger partial charge on any atom is -0.507 e. The first kappa shape index (κ1) is 53.1. The van der Waals surface area contributed by atoms with Crippen LogP contribution in [0, 0.1) is 0 Å². The predicted molar refractivity (Wildman–Crippen MR) is 247 cm³/mol. The first-order valence-electron chi connectivity index (χ1n) is 24.6. The molecular weight excluding hydrogens is 708 g/mol. The summed E-state index contributed by atoms with van der Waals surface area (Å²) in [6, 6.07) is 2.13. The Morgan fingerprint density at radius 2 is 0.839 bits per heavy atom. The van der Waals surface area contributed by atoms with Gasteiger partial charge in [-0.2, -0.15) is 0 Å². The maximum absolute atomic E-state index is 12.3. The van der Waals surface area contributed by atoms with E-state index in [0.29, 0.717) is 5.75 Å². The normalized spacial score (nSPS) is 13.1. The molecule has 0 heterocycles. The van der Waals surface area contributed by atoms with E-state index in [1.54, 1.807) is 0 Å². The molecule has 0 aromatic heterocycles. The Hall–Kier alpha value is -0.960. The van der Waals surface area contributed by atoms with Crippen LogP contribution in [0.2, 0.25) is 0 Å². The summed E-state index contributed by atoms with van der Waals surface area (Å²) in [6.07, 6.45) is 43.8. The number of benzene rings is 1. The Morgan fingerprint density at radius 3 is 1.14 bits per heavy atom. The van der Waals surface area contributed by atoms with E-state index in [1.165, 1.54) is 186 Å². The van der Waals surface area contributed by atoms with Crippen LogP contribution >= 0.6 is 8.25 Å². The molecule has 56 heavy (non-hydrogen) atoms. The van der Waals surface area contributed by atoms with Crippen molar-refractivity contribution in [2.75, 3.05) is 0 Å². The molecule has 4 nitrogen and oxygen atoms in total. The van der Waals surface area contributed by atoms with Crippen molar-refractivity contribution in [3.05, 3.63) is 28.3 Å². The summed E-state index contributed by atoms with van der Waals surface area (Å²) in [7, 11) is -2.75. The lowest BCUT2D eigenvalue weighted by Crippen LogP contribution is -2.22. The van der Waals surface area contributed by atoms with Crippen LogP contribution in [0.4, 0.5) is 0 Å². The molecule has 0 radical (unpaired) electrons. The number of aromatic hydroxyl groups is 1. The van der Waals surface area contributed by atoms with Crippen LogP contribution in [0.25, 0.3) is 0 Å². The molecule has 0 aliphatic rings. The summed E-state index contributed by atoms with van der Waals surface area (Å²) in [6.45, 7) is 17.6. The lowest BCUT2D eigenvalue weighted by atomic mass is 9.73. The number of phenols is 1. The highest BCUT2D eigenvalue weighted by Gasteiger charge is 2.35. The average molecular weight is 804 g/mol. The van der Waals surface area contributed by atoms with Crippen LogP contribution < -0.4 is 0 Å². The van der Waals surface area contributed by atoms with E-state index < -0.39 is 14.4 Å². The third-order valence-corrected chi connectivity index (χ3v) is 12.6. The molecule has 0 fully saturated rings. The Kier molecular flexibility index (Phi) is 31.1. The zero-order valence-corrected chi connectivity index (χ0v) is 39.7. The van der Waals surface area contributed by atoms with Crippen LogP contribution in [0.15, 0.2) is 6.07 Å². The van der Waals surface area contributed by atoms with E-state index in [-0.39, 0.29) is 10.8 Å². The highest BCUT2D eigenvalue weighted by atomic mass is 31.1. The summed E-state index contributed by atoms with van der Waals surface area (Å²) < 4.78 is 18.2. The van der Waals surface area contributed by atoms with Crippen molar-refractivity contribution < 1.29 is 19.1 Å². The molecule has 1 rings (SSSR count). The molecular formula is C51H96O4P+. The zero-order valence-electron chi connectivity index (χ0n) is 38.9. The molecule has 328 valence electrons. The summed E-state index contributed by atoms with van der Waals surface area (Å²) in [5, 5.41) is 11.8. The van der Waals surface area contributed by atoms with E-state index in [2.05, 4.69) is 61.5 Å². The predicted octanol–water partition coefficient (Wildman–Crippen LogP) is 18.2. The van der Waals surface area contributed by atoms with Gasteiger partial charge in [0, 0.05) is 10.1 Å². The van der Waals surface area contributed by atoms with Crippen LogP contribution in [0.3, 0.4) is 0 Å². The van der Waals surface area contributed by atoms with E-state index in [9.17, 15) is 14.6 Å². The highest BCUT2D eigenvalue weighted by molar-refractivity contribution is 7.32. The summed E-state index contributed by atoms with van der Waals surface area (Å²) in [4.78, 5) is 10.1. The average Bonchev–Trinajstić information content (AvgIpc) is 3.12. The molecule has 2 unspecified atom stereocenters. The Morgan fingerprint density at radius 1 is 0.518 bits per heavy atom. The molecule has 0 aliphatic carbocycles. The molecule has 0 saturated carbocycles. The maximum Gasteiger partial charge on any atom is 0.695 e. The van der Waals surface area contributed by atoms with Gasteiger partial charge in [0.1, 0.15) is 11.9 Å². The van der Waals surface area contributed by atoms with Gasteiger partial charge in [0.05, 0.1) is 0 Å². The fraction of sp³-hybridized carbons (Fsp3) is 0.882. The third kappa shape index (κ3) is 25.5. The van der Waals surface area contributed by atoms with Gasteiger partial charge >= 0.3 is 8.25 Å². The molecule has 0 saturated heterocycles. The molecule has 0 amide bonds. The zero-order chi connectivity index (χ0) is 41.5. The first-order valence-corrected chi connectivity index (χ1v) is 25.7. The first-order chi connectivity index (χ1) is 26.8. The Labute approximate surface area is 350 Å². The van der Waals surface area contributed by atoms with Gasteiger partial charge < -0.3 is 5.11 Å². The van der Waals surface area contributed by atoms with Gasteiger partial charge in [0.15, 0.2) is 0 Å². The van der Waals surface area contributed by atoms with Crippen molar-refractivity contribution >= 4 is 8.25 Å². The van der Waals surface area contributed by atoms with Gasteiger partial charge in [0.25, 0.3) is 0 Å². The molecule has 5 heteroatoms. The maximum atomic E-state index is 12.3. The monoisotopic (exact) mass is 804 g/mol. The number of hydrogen-bond donors (Lipinski definition) is 2. The van der Waals surface area contributed by atoms with Gasteiger partial charge in [-0.05, 0) is 52.8 Å². The van der Waals surface area contributed by atoms with Crippen molar-refractivity contribution in [2.45, 2.75) is 291 Å². The smallest absolute Gasteiger partial charge is 0.507 e. The lowest BCUT2D eigenvalue weighted by molar-refractivity contribution is 0.176. The second kappa shape index (κ2) is 32.8. The topological polar surface area (TPSA) is 66.8 Å². The fourth-order valence-corrected chi connectivity index (χ4v) is 9.21. The van der Waals surface area contributed by atoms with Gasteiger partial charge in [-0.15, -0.1) is 9.42 Å². The number of rotatable bonds is 37. The second-order valence-electron chi connectivity index (χ2n) is 19.7. The van der Waals surface area contributed by atoms with Crippen molar-refractivity contribution in [1.82, 2.24) is 0 Å². The van der Waals surface area contributed by atoms with Crippen molar-refractivity contribution in [3.8, 4) is 5.75 Å². The van der Waals surface area contributed by atoms with Crippen molar-refractivity contribution in [2.24, 2.45) is 0 Å². The van der Waals surface area contributed by atoms with Crippen LogP contribution in [-0.2, 0) is 26.3 Å². The van der Waals surface area contributed by atoms with Crippen LogP contribution in [0.1, 0.15) is 296 Å². The van der Waals surface area contributed by atoms with E-state index in [1.807, 2.05) is 0 Å². The highest BCUT2D eigenvalue weighted by Crippen LogP contribution is 2.47. The largest absolute Gasteiger partial charge is 0.695 e. The van der Waals surface area contributed by atoms with Crippen molar-refractivity contribution in [1.29, 1.82) is 0 Å². The minimum absolute atomic E-state index is 0.272. The standard InChI is InChI=1S/C51H95O4P/c1-9-11-13-15-17-19-21-23-25-27-29-31-33-35-37-39-41-44-45(43-46(50(3,4)5)49(52)48(44)51(6,7)8)47(55-56(53)54)42-40-38-36-34-32-30-28-26-24-22-20-18-16-14-12-10-2/h43,47H,9-42H2,1-8H3,(H-,52,53,54)/p+1. The van der Waals surface area contributed by atoms with Crippen LogP contribution in [-0.4, -0.2) is 10.00 Å². The van der Waals surface area contributed by atoms with E-state index >= 15 is 0 Å². The molecule has 2 N–H and O–H groups in total. The third-order valence-electron chi connectivity index (χ3n) is 12.2. The second-order valence-corrected chi connectivity index (χ2v) is 20.4. The molecule has 2 atom stereocenters. The Bertz CT molecular complexity index is 1100. The summed E-state index contributed by atoms with van der Waals surface area (Å²) >= 11 is 0. The van der Waals surface area contributed by atoms with Gasteiger partial charge in [-0.1, -0.05) is 254 Å². The number of phenolic OH excluding ortho intramolecular Hbond substituents is 1. The lowest BCUT2D eigenvalue weighted by Gasteiger charge is -2.32. The molecule has 0 bridgehead atoms. The van der Waals surface area contributed by atoms with E-state index in [0.717, 1.165) is 54.4 Å². The van der Waals surface area contributed by atoms with Crippen LogP contribution in [0.5, 0.6) is 5.75 Å². The minimum atomic E-state index is -2.75. The number of hydrogen-bond acceptors (Lipinski definition) is 3. The van der Waals surface area contributed by atoms with Gasteiger partial charge in [-0.25, -0.2) is 0 Å². The summed E-state index contributed by atoms with van der Waals surface area (Å²) in [5.74, 6) is 0.398. The fourth-order valence-electron chi connectivity index (χ4n) is 8.77. The summed E-state index contributed by atoms with van der Waals surface area (Å²) in [5.41, 5.74) is 3.52. The molecule has 0 spiro atoms. The van der Waals surface area contributed by atoms with Gasteiger partial charge in [-0.3, -0.25) is 0 Å². The van der Waals surface area contributed by atoms with Crippen molar-refractivity contribution in [3.63, 3.8) is 0 Å². The molecule has 1 aromatic rings. The number of unbranched alkanes of at least 4 members (excludes halogenated alkanes) is 30. The molecule has 1 aromatic carbocycles. The van der Waals surface area contributed by atoms with E-state index in [4.69, 9.17) is 4.52 Å². The quantitative estimate of drug-likeness (QED) is 0.0519. The Balaban J connectivity index is 2.70.